The van der Waals surface area contributed by atoms with E-state index in [4.69, 9.17) is 14.2 Å². The van der Waals surface area contributed by atoms with Gasteiger partial charge in [-0.15, -0.1) is 0 Å². The topological polar surface area (TPSA) is 406 Å². The van der Waals surface area contributed by atoms with Crippen LogP contribution in [0.1, 0.15) is 145 Å². The number of carbonyl (C=O) groups excluding carboxylic acids is 7. The highest BCUT2D eigenvalue weighted by Crippen LogP contribution is 2.29. The third-order valence-corrected chi connectivity index (χ3v) is 20.3. The summed E-state index contributed by atoms with van der Waals surface area (Å²) in [4.78, 5) is 146. The molecule has 0 atom stereocenters. The second kappa shape index (κ2) is 55.6. The lowest BCUT2D eigenvalue weighted by atomic mass is 10.1. The van der Waals surface area contributed by atoms with E-state index in [1.807, 2.05) is 163 Å². The Labute approximate surface area is 818 Å². The quantitative estimate of drug-likeness (QED) is 0.0175. The maximum absolute atomic E-state index is 12.3. The van der Waals surface area contributed by atoms with Crippen molar-refractivity contribution in [1.82, 2.24) is 0 Å². The summed E-state index contributed by atoms with van der Waals surface area (Å²) in [5.74, 6) is 0.477. The van der Waals surface area contributed by atoms with Gasteiger partial charge in [-0.25, -0.2) is 0 Å². The molecule has 0 aromatic heterocycles. The molecule has 14 aromatic rings. The van der Waals surface area contributed by atoms with Crippen molar-refractivity contribution < 1.29 is 77.3 Å². The number of ketones is 7. The number of allylic oxidation sites excluding steroid dienone is 7. The van der Waals surface area contributed by atoms with Gasteiger partial charge in [0.15, 0.2) is 40.5 Å². The fraction of sp³-hybridized carbons (Fsp3) is 0.0789. The highest BCUT2D eigenvalue weighted by atomic mass is 16.6. The van der Waals surface area contributed by atoms with Crippen LogP contribution in [0.25, 0.3) is 42.5 Å². The van der Waals surface area contributed by atoms with Crippen molar-refractivity contribution in [2.75, 3.05) is 21.3 Å². The molecule has 14 rings (SSSR count). The van der Waals surface area contributed by atoms with E-state index in [1.165, 1.54) is 131 Å². The number of ether oxygens (including phenoxy) is 3. The number of hydrogen-bond acceptors (Lipinski definition) is 22. The fourth-order valence-electron chi connectivity index (χ4n) is 12.7. The van der Waals surface area contributed by atoms with Crippen LogP contribution in [0, 0.1) is 102 Å². The molecular formula is C114H96N6O22. The number of carbonyl (C=O) groups is 7. The van der Waals surface area contributed by atoms with Crippen LogP contribution >= 0.6 is 0 Å². The van der Waals surface area contributed by atoms with Crippen molar-refractivity contribution in [2.24, 2.45) is 0 Å². The monoisotopic (exact) mass is 1900 g/mol. The molecule has 0 bridgehead atoms. The SMILES string of the molecule is COc1cc(C)ccc1C(=O)/C=C/c1ccc([N+](=O)[O-])cc1.COc1cc(C)ccc1C(=O)/C=C/c1cccc([N+](=O)[O-])c1.COc1cc(C)ccc1C(=O)/C=C/c1ccccc1[N+](=O)[O-].Cc1ccc(C(=O)/C=C/c2ccc([N+](=O)[O-])cc2)cc1.Cc1ccc(C(=O)/C=C/c2cccc([N+](=O)[O-])c2)cc1.Cc1ccc(C(=O)/C=C/c2ccccc2[N+](=O)[O-])cc1.O=C(/C=C/c1ccccc1)c1ccccc1. The van der Waals surface area contributed by atoms with Gasteiger partial charge in [0.2, 0.25) is 0 Å². The zero-order valence-corrected chi connectivity index (χ0v) is 78.5. The molecule has 0 amide bonds. The maximum Gasteiger partial charge on any atom is 0.276 e. The van der Waals surface area contributed by atoms with Crippen molar-refractivity contribution in [3.8, 4) is 17.2 Å². The summed E-state index contributed by atoms with van der Waals surface area (Å²) in [6.07, 6.45) is 21.1. The zero-order chi connectivity index (χ0) is 103. The number of benzene rings is 14. The number of hydrogen-bond donors (Lipinski definition) is 0. The molecule has 0 radical (unpaired) electrons. The third-order valence-electron chi connectivity index (χ3n) is 20.3. The number of rotatable bonds is 30. The number of nitro benzene ring substituents is 6. The molecular weight excluding hydrogens is 1810 g/mol. The number of nitrogens with zero attached hydrogens (tertiary/aromatic N) is 6. The highest BCUT2D eigenvalue weighted by molar-refractivity contribution is 6.12. The van der Waals surface area contributed by atoms with E-state index >= 15 is 0 Å². The zero-order valence-electron chi connectivity index (χ0n) is 78.5. The average molecular weight is 1900 g/mol. The molecule has 0 N–H and O–H groups in total. The molecule has 0 saturated heterocycles. The lowest BCUT2D eigenvalue weighted by Crippen LogP contribution is -1.99. The lowest BCUT2D eigenvalue weighted by molar-refractivity contribution is -0.385. The first kappa shape index (κ1) is 108. The van der Waals surface area contributed by atoms with Crippen LogP contribution in [0.5, 0.6) is 17.2 Å². The molecule has 28 nitrogen and oxygen atoms in total. The van der Waals surface area contributed by atoms with Gasteiger partial charge in [0.05, 0.1) is 78.7 Å². The van der Waals surface area contributed by atoms with Gasteiger partial charge in [-0.05, 0) is 214 Å². The number of methoxy groups -OCH3 is 3. The molecule has 14 aromatic carbocycles. The summed E-state index contributed by atoms with van der Waals surface area (Å²) >= 11 is 0. The molecule has 0 aliphatic heterocycles. The molecule has 142 heavy (non-hydrogen) atoms. The maximum atomic E-state index is 12.3. The van der Waals surface area contributed by atoms with Crippen molar-refractivity contribution in [3.05, 3.63) is 548 Å². The Kier molecular flexibility index (Phi) is 42.3. The molecule has 0 fully saturated rings. The van der Waals surface area contributed by atoms with Crippen LogP contribution < -0.4 is 14.2 Å². The normalized spacial score (nSPS) is 10.6. The van der Waals surface area contributed by atoms with Crippen LogP contribution in [0.15, 0.2) is 376 Å². The Hall–Kier alpha value is -19.3. The highest BCUT2D eigenvalue weighted by Gasteiger charge is 2.18. The van der Waals surface area contributed by atoms with Crippen LogP contribution in [-0.4, -0.2) is 91.4 Å². The number of para-hydroxylation sites is 2. The number of aryl methyl sites for hydroxylation is 6. The summed E-state index contributed by atoms with van der Waals surface area (Å²) in [6.45, 7) is 11.6. The van der Waals surface area contributed by atoms with Gasteiger partial charge >= 0.3 is 0 Å². The Bertz CT molecular complexity index is 7090. The van der Waals surface area contributed by atoms with Gasteiger partial charge < -0.3 is 14.2 Å². The molecule has 0 aliphatic rings. The minimum Gasteiger partial charge on any atom is -0.496 e. The first-order chi connectivity index (χ1) is 68.1. The third kappa shape index (κ3) is 35.5. The van der Waals surface area contributed by atoms with E-state index in [0.29, 0.717) is 78.4 Å². The van der Waals surface area contributed by atoms with Crippen LogP contribution in [0.4, 0.5) is 34.1 Å². The van der Waals surface area contributed by atoms with Crippen molar-refractivity contribution >= 4 is 117 Å². The fourth-order valence-corrected chi connectivity index (χ4v) is 12.7. The van der Waals surface area contributed by atoms with E-state index in [1.54, 1.807) is 188 Å². The van der Waals surface area contributed by atoms with E-state index < -0.39 is 29.5 Å². The largest absolute Gasteiger partial charge is 0.496 e. The van der Waals surface area contributed by atoms with Crippen LogP contribution in [0.3, 0.4) is 0 Å². The van der Waals surface area contributed by atoms with Crippen LogP contribution in [-0.2, 0) is 0 Å². The minimum atomic E-state index is -0.476. The van der Waals surface area contributed by atoms with E-state index in [2.05, 4.69) is 0 Å². The second-order valence-corrected chi connectivity index (χ2v) is 30.9. The van der Waals surface area contributed by atoms with Gasteiger partial charge in [-0.3, -0.25) is 94.2 Å². The summed E-state index contributed by atoms with van der Waals surface area (Å²) in [5.41, 5.74) is 14.6. The number of non-ortho nitro benzene ring substituents is 4. The molecule has 714 valence electrons. The predicted molar refractivity (Wildman–Crippen MR) is 552 cm³/mol. The summed E-state index contributed by atoms with van der Waals surface area (Å²) < 4.78 is 15.6. The van der Waals surface area contributed by atoms with E-state index in [-0.39, 0.29) is 74.6 Å². The van der Waals surface area contributed by atoms with Crippen LogP contribution in [0.2, 0.25) is 0 Å². The number of nitro groups is 6. The first-order valence-corrected chi connectivity index (χ1v) is 43.4. The lowest BCUT2D eigenvalue weighted by Gasteiger charge is -2.06. The summed E-state index contributed by atoms with van der Waals surface area (Å²) in [7, 11) is 4.53. The Morgan fingerprint density at radius 1 is 0.211 bits per heavy atom. The molecule has 0 spiro atoms. The molecule has 0 unspecified atom stereocenters. The summed E-state index contributed by atoms with van der Waals surface area (Å²) in [6, 6.07) is 93.6. The van der Waals surface area contributed by atoms with Crippen molar-refractivity contribution in [3.63, 3.8) is 0 Å². The first-order valence-electron chi connectivity index (χ1n) is 43.4. The second-order valence-electron chi connectivity index (χ2n) is 30.9. The molecule has 0 saturated carbocycles. The summed E-state index contributed by atoms with van der Waals surface area (Å²) in [5, 5.41) is 64.3. The van der Waals surface area contributed by atoms with Gasteiger partial charge in [0.1, 0.15) is 17.2 Å². The van der Waals surface area contributed by atoms with Gasteiger partial charge in [-0.1, -0.05) is 247 Å². The predicted octanol–water partition coefficient (Wildman–Crippen LogP) is 26.4. The minimum absolute atomic E-state index is 0.00920. The molecule has 28 heteroatoms. The standard InChI is InChI=1S/3C17H15NO4.3C16H13NO3.C15H12O/c1-12-3-9-15(17(11-12)22-2)16(19)10-6-13-4-7-14(8-5-13)18(20)21;1-12-6-8-15(17(10-12)22-2)16(19)9-7-13-4-3-5-14(11-13)18(20)21;1-12-7-9-14(17(11-12)22-2)16(19)10-8-13-5-3-4-6-15(13)18(20)21;1-12-2-7-14(8-3-12)16(18)11-6-13-4-9-15(10-5-13)17(19)20;1-12-5-8-14(9-6-12)16(18)10-7-13-3-2-4-15(11-13)17(19)20;1-12-6-8-14(9-7-12)16(18)11-10-13-4-2-3-5-15(13)17(19)20;16-15(14-9-5-2-6-10-14)12-11-13-7-3-1-4-8-13/h3*3-11H,1-2H3;3*2-11H,1H3;1-12H/b10-6+;9-7+;10-8+;11-6+;10-7+;11-10+;12-11+. The molecule has 0 aliphatic carbocycles. The van der Waals surface area contributed by atoms with Gasteiger partial charge in [0, 0.05) is 82.9 Å². The molecule has 0 heterocycles. The van der Waals surface area contributed by atoms with Crippen molar-refractivity contribution in [2.45, 2.75) is 41.5 Å². The van der Waals surface area contributed by atoms with E-state index in [9.17, 15) is 94.2 Å². The van der Waals surface area contributed by atoms with E-state index in [0.717, 1.165) is 50.1 Å². The Balaban J connectivity index is 0.000000203. The van der Waals surface area contributed by atoms with Gasteiger partial charge in [0.25, 0.3) is 34.1 Å². The average Bonchev–Trinajstić information content (AvgIpc) is 0.839. The Morgan fingerprint density at radius 2 is 0.451 bits per heavy atom. The smallest absolute Gasteiger partial charge is 0.276 e. The van der Waals surface area contributed by atoms with Gasteiger partial charge in [-0.2, -0.15) is 0 Å². The van der Waals surface area contributed by atoms with Crippen molar-refractivity contribution in [1.29, 1.82) is 0 Å². The Morgan fingerprint density at radius 3 is 0.746 bits per heavy atom.